The molecule has 2 aromatic rings. The normalized spacial score (nSPS) is 15.3. The summed E-state index contributed by atoms with van der Waals surface area (Å²) >= 11 is 0. The highest BCUT2D eigenvalue weighted by atomic mass is 16.5. The van der Waals surface area contributed by atoms with Crippen molar-refractivity contribution < 1.29 is 28.7 Å². The fraction of sp³-hybridized carbons (Fsp3) is 0.292. The van der Waals surface area contributed by atoms with Gasteiger partial charge in [-0.05, 0) is 55.8 Å². The molecule has 4 rings (SSSR count). The summed E-state index contributed by atoms with van der Waals surface area (Å²) in [5.41, 5.74) is 1.06. The molecule has 0 atom stereocenters. The summed E-state index contributed by atoms with van der Waals surface area (Å²) in [6.07, 6.45) is 0.901. The molecule has 1 N–H and O–H groups in total. The third kappa shape index (κ3) is 4.34. The number of benzene rings is 2. The van der Waals surface area contributed by atoms with E-state index in [1.807, 2.05) is 6.92 Å². The van der Waals surface area contributed by atoms with E-state index in [0.29, 0.717) is 24.5 Å². The summed E-state index contributed by atoms with van der Waals surface area (Å²) in [5, 5.41) is 2.72. The van der Waals surface area contributed by atoms with Crippen molar-refractivity contribution in [3.05, 3.63) is 59.2 Å². The summed E-state index contributed by atoms with van der Waals surface area (Å²) in [5.74, 6) is -1.10. The molecule has 1 fully saturated rings. The lowest BCUT2D eigenvalue weighted by molar-refractivity contribution is -0.138. The Morgan fingerprint density at radius 1 is 0.939 bits per heavy atom. The number of nitrogens with zero attached hydrogens (tertiary/aromatic N) is 2. The van der Waals surface area contributed by atoms with E-state index in [-0.39, 0.29) is 54.4 Å². The van der Waals surface area contributed by atoms with Gasteiger partial charge < -0.3 is 10.1 Å². The second-order valence-electron chi connectivity index (χ2n) is 7.68. The van der Waals surface area contributed by atoms with Crippen LogP contribution in [0.2, 0.25) is 0 Å². The molecule has 0 spiro atoms. The smallest absolute Gasteiger partial charge is 0.266 e. The maximum atomic E-state index is 12.9. The van der Waals surface area contributed by atoms with E-state index in [0.717, 1.165) is 4.90 Å². The molecule has 2 aromatic carbocycles. The van der Waals surface area contributed by atoms with E-state index in [4.69, 9.17) is 4.74 Å². The van der Waals surface area contributed by atoms with E-state index < -0.39 is 17.7 Å². The Balaban J connectivity index is 1.40. The molecular formula is C24H23N3O6. The number of carbonyl (C=O) groups excluding carboxylic acids is 5. The van der Waals surface area contributed by atoms with Crippen molar-refractivity contribution in [3.8, 4) is 5.75 Å². The molecule has 0 bridgehead atoms. The molecule has 9 heteroatoms. The molecule has 0 saturated carbocycles. The van der Waals surface area contributed by atoms with Gasteiger partial charge in [0.1, 0.15) is 5.75 Å². The van der Waals surface area contributed by atoms with Crippen LogP contribution >= 0.6 is 0 Å². The van der Waals surface area contributed by atoms with Gasteiger partial charge >= 0.3 is 0 Å². The van der Waals surface area contributed by atoms with Crippen molar-refractivity contribution in [2.24, 2.45) is 0 Å². The number of hydrogen-bond acceptors (Lipinski definition) is 6. The van der Waals surface area contributed by atoms with Crippen LogP contribution in [0.15, 0.2) is 42.5 Å². The lowest BCUT2D eigenvalue weighted by atomic mass is 10.1. The first-order valence-corrected chi connectivity index (χ1v) is 10.8. The fourth-order valence-corrected chi connectivity index (χ4v) is 3.89. The van der Waals surface area contributed by atoms with Crippen molar-refractivity contribution in [1.82, 2.24) is 10.2 Å². The molecule has 2 aliphatic heterocycles. The Bertz CT molecular complexity index is 1130. The number of ether oxygens (including phenoxy) is 1. The van der Waals surface area contributed by atoms with Gasteiger partial charge in [-0.2, -0.15) is 0 Å². The highest BCUT2D eigenvalue weighted by molar-refractivity contribution is 6.34. The highest BCUT2D eigenvalue weighted by Crippen LogP contribution is 2.30. The van der Waals surface area contributed by atoms with Crippen LogP contribution in [0, 0.1) is 0 Å². The highest BCUT2D eigenvalue weighted by Gasteiger charge is 2.37. The van der Waals surface area contributed by atoms with Crippen LogP contribution < -0.4 is 15.0 Å². The SMILES string of the molecule is CCOc1ccc(N2C(=O)c3ccc(C(=O)NCCCN4C(=O)CCC4=O)cc3C2=O)cc1. The Morgan fingerprint density at radius 3 is 2.27 bits per heavy atom. The van der Waals surface area contributed by atoms with Crippen molar-refractivity contribution in [1.29, 1.82) is 0 Å². The summed E-state index contributed by atoms with van der Waals surface area (Å²) in [6.45, 7) is 2.89. The largest absolute Gasteiger partial charge is 0.494 e. The van der Waals surface area contributed by atoms with Crippen molar-refractivity contribution in [2.75, 3.05) is 24.6 Å². The number of nitrogens with one attached hydrogen (secondary N) is 1. The number of likely N-dealkylation sites (tertiary alicyclic amines) is 1. The van der Waals surface area contributed by atoms with Crippen LogP contribution in [-0.4, -0.2) is 54.1 Å². The van der Waals surface area contributed by atoms with Gasteiger partial charge in [-0.15, -0.1) is 0 Å². The topological polar surface area (TPSA) is 113 Å². The standard InChI is InChI=1S/C24H23N3O6/c1-2-33-17-7-5-16(6-8-17)27-23(31)18-9-4-15(14-19(18)24(27)32)22(30)25-12-3-13-26-20(28)10-11-21(26)29/h4-9,14H,2-3,10-13H2,1H3,(H,25,30). The average Bonchev–Trinajstić information content (AvgIpc) is 3.27. The lowest BCUT2D eigenvalue weighted by Crippen LogP contribution is -2.33. The van der Waals surface area contributed by atoms with Crippen LogP contribution in [0.4, 0.5) is 5.69 Å². The number of rotatable bonds is 8. The number of amides is 5. The first-order chi connectivity index (χ1) is 15.9. The lowest BCUT2D eigenvalue weighted by Gasteiger charge is -2.14. The van der Waals surface area contributed by atoms with Crippen molar-refractivity contribution in [2.45, 2.75) is 26.2 Å². The van der Waals surface area contributed by atoms with Crippen molar-refractivity contribution in [3.63, 3.8) is 0 Å². The molecule has 0 aromatic heterocycles. The molecular weight excluding hydrogens is 426 g/mol. The molecule has 1 saturated heterocycles. The van der Waals surface area contributed by atoms with Gasteiger partial charge in [0.25, 0.3) is 17.7 Å². The van der Waals surface area contributed by atoms with Gasteiger partial charge in [0, 0.05) is 31.5 Å². The number of carbonyl (C=O) groups is 5. The zero-order valence-corrected chi connectivity index (χ0v) is 18.1. The Morgan fingerprint density at radius 2 is 1.61 bits per heavy atom. The predicted molar refractivity (Wildman–Crippen MR) is 118 cm³/mol. The van der Waals surface area contributed by atoms with Crippen LogP contribution in [0.5, 0.6) is 5.75 Å². The molecule has 0 aliphatic carbocycles. The maximum Gasteiger partial charge on any atom is 0.266 e. The molecule has 33 heavy (non-hydrogen) atoms. The molecule has 2 aliphatic rings. The average molecular weight is 449 g/mol. The van der Waals surface area contributed by atoms with E-state index in [9.17, 15) is 24.0 Å². The minimum atomic E-state index is -0.500. The van der Waals surface area contributed by atoms with Gasteiger partial charge in [0.15, 0.2) is 0 Å². The zero-order valence-electron chi connectivity index (χ0n) is 18.1. The van der Waals surface area contributed by atoms with Gasteiger partial charge in [0.2, 0.25) is 11.8 Å². The van der Waals surface area contributed by atoms with Crippen LogP contribution in [0.25, 0.3) is 0 Å². The van der Waals surface area contributed by atoms with E-state index in [2.05, 4.69) is 5.32 Å². The molecule has 0 unspecified atom stereocenters. The first-order valence-electron chi connectivity index (χ1n) is 10.8. The second-order valence-corrected chi connectivity index (χ2v) is 7.68. The first kappa shape index (κ1) is 22.2. The molecule has 2 heterocycles. The zero-order chi connectivity index (χ0) is 23.5. The quantitative estimate of drug-likeness (QED) is 0.488. The molecule has 5 amide bonds. The summed E-state index contributed by atoms with van der Waals surface area (Å²) in [6, 6.07) is 11.0. The van der Waals surface area contributed by atoms with Crippen LogP contribution in [0.3, 0.4) is 0 Å². The van der Waals surface area contributed by atoms with Crippen molar-refractivity contribution >= 4 is 35.2 Å². The molecule has 0 radical (unpaired) electrons. The third-order valence-corrected chi connectivity index (χ3v) is 5.55. The van der Waals surface area contributed by atoms with E-state index >= 15 is 0 Å². The second kappa shape index (κ2) is 9.23. The summed E-state index contributed by atoms with van der Waals surface area (Å²) in [7, 11) is 0. The van der Waals surface area contributed by atoms with E-state index in [1.165, 1.54) is 23.1 Å². The Kier molecular flexibility index (Phi) is 6.21. The van der Waals surface area contributed by atoms with Gasteiger partial charge in [-0.25, -0.2) is 4.90 Å². The molecule has 170 valence electrons. The summed E-state index contributed by atoms with van der Waals surface area (Å²) < 4.78 is 5.39. The minimum absolute atomic E-state index is 0.162. The number of imide groups is 2. The predicted octanol–water partition coefficient (Wildman–Crippen LogP) is 2.15. The summed E-state index contributed by atoms with van der Waals surface area (Å²) in [4.78, 5) is 63.8. The monoisotopic (exact) mass is 449 g/mol. The maximum absolute atomic E-state index is 12.9. The third-order valence-electron chi connectivity index (χ3n) is 5.55. The fourth-order valence-electron chi connectivity index (χ4n) is 3.89. The Labute approximate surface area is 190 Å². The number of anilines is 1. The van der Waals surface area contributed by atoms with Gasteiger partial charge in [-0.3, -0.25) is 28.9 Å². The Hall–Kier alpha value is -4.01. The van der Waals surface area contributed by atoms with Gasteiger partial charge in [0.05, 0.1) is 23.4 Å². The molecule has 9 nitrogen and oxygen atoms in total. The van der Waals surface area contributed by atoms with E-state index in [1.54, 1.807) is 24.3 Å². The number of fused-ring (bicyclic) bond motifs is 1. The number of hydrogen-bond donors (Lipinski definition) is 1. The van der Waals surface area contributed by atoms with Gasteiger partial charge in [-0.1, -0.05) is 0 Å². The minimum Gasteiger partial charge on any atom is -0.494 e. The van der Waals surface area contributed by atoms with Crippen LogP contribution in [0.1, 0.15) is 57.3 Å². The van der Waals surface area contributed by atoms with Crippen LogP contribution in [-0.2, 0) is 9.59 Å².